The number of nitrogens with zero attached hydrogens (tertiary/aromatic N) is 1. The van der Waals surface area contributed by atoms with Gasteiger partial charge in [0.2, 0.25) is 0 Å². The number of rotatable bonds is 3. The Kier molecular flexibility index (Phi) is 4.42. The number of anilines is 1. The van der Waals surface area contributed by atoms with Crippen LogP contribution in [0.2, 0.25) is 10.2 Å². The molecule has 0 fully saturated rings. The average Bonchev–Trinajstić information content (AvgIpc) is 2.66. The van der Waals surface area contributed by atoms with Gasteiger partial charge in [0, 0.05) is 6.20 Å². The summed E-state index contributed by atoms with van der Waals surface area (Å²) in [6, 6.07) is 3.04. The van der Waals surface area contributed by atoms with E-state index in [0.717, 1.165) is 11.3 Å². The Labute approximate surface area is 132 Å². The molecule has 0 spiro atoms. The molecule has 19 heavy (non-hydrogen) atoms. The maximum atomic E-state index is 12.2. The molecule has 2 heterocycles. The third kappa shape index (κ3) is 3.22. The molecule has 2 rings (SSSR count). The van der Waals surface area contributed by atoms with Gasteiger partial charge < -0.3 is 0 Å². The molecule has 0 saturated heterocycles. The normalized spacial score (nSPS) is 11.6. The molecule has 0 atom stereocenters. The Hall–Kier alpha value is -0.340. The summed E-state index contributed by atoms with van der Waals surface area (Å²) in [6.07, 6.45) is 1.51. The van der Waals surface area contributed by atoms with Crippen LogP contribution in [0.1, 0.15) is 5.56 Å². The first-order valence-electron chi connectivity index (χ1n) is 4.90. The van der Waals surface area contributed by atoms with Crippen LogP contribution in [0.25, 0.3) is 0 Å². The van der Waals surface area contributed by atoms with Crippen molar-refractivity contribution in [2.24, 2.45) is 0 Å². The molecule has 0 aromatic carbocycles. The molecule has 0 aliphatic carbocycles. The van der Waals surface area contributed by atoms with Crippen molar-refractivity contribution in [1.82, 2.24) is 4.98 Å². The molecule has 0 saturated carbocycles. The minimum absolute atomic E-state index is 0.101. The van der Waals surface area contributed by atoms with Crippen LogP contribution >= 0.6 is 50.5 Å². The van der Waals surface area contributed by atoms with Crippen molar-refractivity contribution in [3.8, 4) is 0 Å². The van der Waals surface area contributed by atoms with E-state index >= 15 is 0 Å². The molecule has 9 heteroatoms. The second-order valence-corrected chi connectivity index (χ2v) is 8.63. The van der Waals surface area contributed by atoms with Gasteiger partial charge in [-0.3, -0.25) is 4.72 Å². The van der Waals surface area contributed by atoms with Gasteiger partial charge in [0.05, 0.1) is 14.5 Å². The number of halogens is 3. The molecule has 0 unspecified atom stereocenters. The van der Waals surface area contributed by atoms with Crippen LogP contribution in [0, 0.1) is 6.92 Å². The van der Waals surface area contributed by atoms with Crippen molar-refractivity contribution in [2.45, 2.75) is 11.1 Å². The number of aryl methyl sites for hydroxylation is 1. The SMILES string of the molecule is Cc1ccnc(Cl)c1NS(=O)(=O)c1cc(Cl)c(Br)s1. The quantitative estimate of drug-likeness (QED) is 0.779. The highest BCUT2D eigenvalue weighted by molar-refractivity contribution is 9.11. The fraction of sp³-hybridized carbons (Fsp3) is 0.100. The molecule has 1 N–H and O–H groups in total. The van der Waals surface area contributed by atoms with Crippen molar-refractivity contribution in [3.63, 3.8) is 0 Å². The second-order valence-electron chi connectivity index (χ2n) is 3.59. The lowest BCUT2D eigenvalue weighted by molar-refractivity contribution is 0.603. The van der Waals surface area contributed by atoms with E-state index in [1.165, 1.54) is 12.3 Å². The Morgan fingerprint density at radius 1 is 1.42 bits per heavy atom. The van der Waals surface area contributed by atoms with Gasteiger partial charge in [-0.25, -0.2) is 13.4 Å². The standard InChI is InChI=1S/C10H7BrCl2N2O2S2/c1-5-2-3-14-10(13)8(5)15-19(16,17)7-4-6(12)9(11)18-7/h2-4,15H,1H3. The van der Waals surface area contributed by atoms with E-state index in [1.54, 1.807) is 13.0 Å². The lowest BCUT2D eigenvalue weighted by atomic mass is 10.3. The number of hydrogen-bond donors (Lipinski definition) is 1. The molecular formula is C10H7BrCl2N2O2S2. The van der Waals surface area contributed by atoms with E-state index in [1.807, 2.05) is 0 Å². The highest BCUT2D eigenvalue weighted by atomic mass is 79.9. The van der Waals surface area contributed by atoms with Gasteiger partial charge in [-0.05, 0) is 40.5 Å². The van der Waals surface area contributed by atoms with Gasteiger partial charge in [-0.15, -0.1) is 11.3 Å². The lowest BCUT2D eigenvalue weighted by Gasteiger charge is -2.09. The van der Waals surface area contributed by atoms with Crippen LogP contribution in [-0.4, -0.2) is 13.4 Å². The minimum Gasteiger partial charge on any atom is -0.276 e. The number of sulfonamides is 1. The number of nitrogens with one attached hydrogen (secondary N) is 1. The Morgan fingerprint density at radius 3 is 2.63 bits per heavy atom. The summed E-state index contributed by atoms with van der Waals surface area (Å²) in [6.45, 7) is 1.74. The number of hydrogen-bond acceptors (Lipinski definition) is 4. The molecule has 0 amide bonds. The van der Waals surface area contributed by atoms with Crippen molar-refractivity contribution in [1.29, 1.82) is 0 Å². The highest BCUT2D eigenvalue weighted by Crippen LogP contribution is 2.36. The maximum absolute atomic E-state index is 12.2. The summed E-state index contributed by atoms with van der Waals surface area (Å²) in [5.41, 5.74) is 0.954. The number of thiophene rings is 1. The minimum atomic E-state index is -3.73. The second kappa shape index (κ2) is 5.57. The fourth-order valence-electron chi connectivity index (χ4n) is 1.29. The van der Waals surface area contributed by atoms with Crippen LogP contribution < -0.4 is 4.72 Å². The Balaban J connectivity index is 2.42. The van der Waals surface area contributed by atoms with Crippen LogP contribution in [0.15, 0.2) is 26.3 Å². The van der Waals surface area contributed by atoms with E-state index < -0.39 is 10.0 Å². The molecule has 2 aromatic heterocycles. The van der Waals surface area contributed by atoms with Crippen LogP contribution in [0.3, 0.4) is 0 Å². The van der Waals surface area contributed by atoms with Crippen molar-refractivity contribution < 1.29 is 8.42 Å². The van der Waals surface area contributed by atoms with Crippen molar-refractivity contribution in [3.05, 3.63) is 37.9 Å². The zero-order valence-electron chi connectivity index (χ0n) is 9.45. The summed E-state index contributed by atoms with van der Waals surface area (Å²) in [5, 5.41) is 0.449. The largest absolute Gasteiger partial charge is 0.276 e. The van der Waals surface area contributed by atoms with Gasteiger partial charge in [0.1, 0.15) is 4.21 Å². The summed E-state index contributed by atoms with van der Waals surface area (Å²) < 4.78 is 27.5. The van der Waals surface area contributed by atoms with Gasteiger partial charge in [0.15, 0.2) is 5.15 Å². The van der Waals surface area contributed by atoms with Crippen LogP contribution in [0.4, 0.5) is 5.69 Å². The van der Waals surface area contributed by atoms with E-state index in [-0.39, 0.29) is 15.0 Å². The molecular weight excluding hydrogens is 395 g/mol. The molecule has 0 radical (unpaired) electrons. The first kappa shape index (κ1) is 15.1. The zero-order valence-corrected chi connectivity index (χ0v) is 14.2. The topological polar surface area (TPSA) is 59.1 Å². The first-order valence-corrected chi connectivity index (χ1v) is 8.75. The predicted molar refractivity (Wildman–Crippen MR) is 81.8 cm³/mol. The summed E-state index contributed by atoms with van der Waals surface area (Å²) in [7, 11) is -3.73. The third-order valence-electron chi connectivity index (χ3n) is 2.24. The molecule has 102 valence electrons. The highest BCUT2D eigenvalue weighted by Gasteiger charge is 2.21. The van der Waals surface area contributed by atoms with E-state index in [9.17, 15) is 8.42 Å². The van der Waals surface area contributed by atoms with Crippen LogP contribution in [0.5, 0.6) is 0 Å². The zero-order chi connectivity index (χ0) is 14.2. The molecule has 2 aromatic rings. The molecule has 0 aliphatic heterocycles. The number of aromatic nitrogens is 1. The monoisotopic (exact) mass is 400 g/mol. The molecule has 0 aliphatic rings. The van der Waals surface area contributed by atoms with Gasteiger partial charge in [0.25, 0.3) is 10.0 Å². The van der Waals surface area contributed by atoms with E-state index in [4.69, 9.17) is 23.2 Å². The fourth-order valence-corrected chi connectivity index (χ4v) is 5.14. The van der Waals surface area contributed by atoms with Crippen LogP contribution in [-0.2, 0) is 10.0 Å². The Bertz CT molecular complexity index is 691. The summed E-state index contributed by atoms with van der Waals surface area (Å²) >= 11 is 15.9. The first-order chi connectivity index (χ1) is 8.81. The maximum Gasteiger partial charge on any atom is 0.271 e. The van der Waals surface area contributed by atoms with Crippen molar-refractivity contribution >= 4 is 66.2 Å². The number of pyridine rings is 1. The van der Waals surface area contributed by atoms with Gasteiger partial charge >= 0.3 is 0 Å². The van der Waals surface area contributed by atoms with Gasteiger partial charge in [-0.1, -0.05) is 23.2 Å². The van der Waals surface area contributed by atoms with E-state index in [0.29, 0.717) is 14.4 Å². The smallest absolute Gasteiger partial charge is 0.271 e. The lowest BCUT2D eigenvalue weighted by Crippen LogP contribution is -2.13. The summed E-state index contributed by atoms with van der Waals surface area (Å²) in [5.74, 6) is 0. The van der Waals surface area contributed by atoms with Crippen molar-refractivity contribution in [2.75, 3.05) is 4.72 Å². The predicted octanol–water partition coefficient (Wildman–Crippen LogP) is 4.32. The van der Waals surface area contributed by atoms with Gasteiger partial charge in [-0.2, -0.15) is 0 Å². The third-order valence-corrected chi connectivity index (χ3v) is 6.82. The average molecular weight is 402 g/mol. The van der Waals surface area contributed by atoms with E-state index in [2.05, 4.69) is 25.6 Å². The summed E-state index contributed by atoms with van der Waals surface area (Å²) in [4.78, 5) is 3.85. The molecule has 0 bridgehead atoms. The molecule has 4 nitrogen and oxygen atoms in total. The Morgan fingerprint density at radius 2 is 2.11 bits per heavy atom.